The summed E-state index contributed by atoms with van der Waals surface area (Å²) in [5.74, 6) is 0. The fourth-order valence-corrected chi connectivity index (χ4v) is 5.26. The topological polar surface area (TPSA) is 96.5 Å². The van der Waals surface area contributed by atoms with Gasteiger partial charge < -0.3 is 10.8 Å². The number of sulfonamides is 1. The van der Waals surface area contributed by atoms with E-state index in [1.165, 1.54) is 18.3 Å². The van der Waals surface area contributed by atoms with E-state index in [9.17, 15) is 13.5 Å². The number of hydrogen-bond donors (Lipinski definition) is 2. The number of rotatable bonds is 3. The molecule has 3 heterocycles. The lowest BCUT2D eigenvalue weighted by atomic mass is 10.0. The third-order valence-corrected chi connectivity index (χ3v) is 6.40. The number of nitrogens with two attached hydrogens (primary N) is 1. The molecular formula is C13H17N3O3S2. The van der Waals surface area contributed by atoms with Crippen LogP contribution in [0.1, 0.15) is 31.4 Å². The summed E-state index contributed by atoms with van der Waals surface area (Å²) in [5.41, 5.74) is 5.87. The van der Waals surface area contributed by atoms with Gasteiger partial charge in [-0.2, -0.15) is 4.31 Å². The van der Waals surface area contributed by atoms with Crippen molar-refractivity contribution in [3.8, 4) is 0 Å². The van der Waals surface area contributed by atoms with Crippen molar-refractivity contribution < 1.29 is 13.5 Å². The summed E-state index contributed by atoms with van der Waals surface area (Å²) in [6.07, 6.45) is 3.53. The van der Waals surface area contributed by atoms with Gasteiger partial charge in [-0.1, -0.05) is 12.2 Å². The molecule has 0 spiro atoms. The quantitative estimate of drug-likeness (QED) is 0.780. The molecule has 1 aromatic rings. The molecule has 2 fully saturated rings. The maximum Gasteiger partial charge on any atom is 0.245 e. The largest absolute Gasteiger partial charge is 0.393 e. The first-order valence-electron chi connectivity index (χ1n) is 6.87. The first-order chi connectivity index (χ1) is 9.89. The van der Waals surface area contributed by atoms with E-state index in [2.05, 4.69) is 4.98 Å². The van der Waals surface area contributed by atoms with Gasteiger partial charge in [-0.15, -0.1) is 0 Å². The van der Waals surface area contributed by atoms with E-state index < -0.39 is 16.1 Å². The van der Waals surface area contributed by atoms with Crippen LogP contribution in [0, 0.1) is 0 Å². The summed E-state index contributed by atoms with van der Waals surface area (Å²) < 4.78 is 27.1. The van der Waals surface area contributed by atoms with Crippen molar-refractivity contribution in [2.45, 2.75) is 48.8 Å². The second-order valence-electron chi connectivity index (χ2n) is 5.59. The fourth-order valence-electron chi connectivity index (χ4n) is 3.30. The average molecular weight is 327 g/mol. The van der Waals surface area contributed by atoms with Gasteiger partial charge in [0.1, 0.15) is 9.88 Å². The minimum absolute atomic E-state index is 0.112. The number of aromatic nitrogens is 1. The molecule has 2 unspecified atom stereocenters. The number of hydrogen-bond acceptors (Lipinski definition) is 5. The molecule has 8 heteroatoms. The molecule has 2 aliphatic heterocycles. The van der Waals surface area contributed by atoms with Crippen LogP contribution >= 0.6 is 12.2 Å². The fraction of sp³-hybridized carbons (Fsp3) is 0.538. The summed E-state index contributed by atoms with van der Waals surface area (Å²) >= 11 is 4.81. The Labute approximate surface area is 129 Å². The minimum atomic E-state index is -3.59. The second-order valence-corrected chi connectivity index (χ2v) is 7.87. The number of piperidine rings is 1. The average Bonchev–Trinajstić information content (AvgIpc) is 2.72. The molecule has 0 aromatic carbocycles. The van der Waals surface area contributed by atoms with Crippen molar-refractivity contribution in [3.05, 3.63) is 24.0 Å². The van der Waals surface area contributed by atoms with Gasteiger partial charge in [-0.25, -0.2) is 8.42 Å². The van der Waals surface area contributed by atoms with Gasteiger partial charge >= 0.3 is 0 Å². The molecule has 0 amide bonds. The SMILES string of the molecule is NC(=S)c1ccc(S(=O)(=O)N2C3CCC2CC(O)C3)cn1. The molecule has 3 rings (SSSR count). The predicted molar refractivity (Wildman–Crippen MR) is 81.2 cm³/mol. The third kappa shape index (κ3) is 2.57. The number of pyridine rings is 1. The van der Waals surface area contributed by atoms with Crippen LogP contribution < -0.4 is 5.73 Å². The summed E-state index contributed by atoms with van der Waals surface area (Å²) in [6.45, 7) is 0. The van der Waals surface area contributed by atoms with Crippen LogP contribution in [0.5, 0.6) is 0 Å². The van der Waals surface area contributed by atoms with E-state index in [1.54, 1.807) is 4.31 Å². The third-order valence-electron chi connectivity index (χ3n) is 4.21. The molecule has 2 saturated heterocycles. The number of thiocarbonyl (C=S) groups is 1. The van der Waals surface area contributed by atoms with Crippen LogP contribution in [0.2, 0.25) is 0 Å². The molecule has 0 radical (unpaired) electrons. The summed E-state index contributed by atoms with van der Waals surface area (Å²) in [5, 5.41) is 9.78. The van der Waals surface area contributed by atoms with E-state index in [-0.39, 0.29) is 22.0 Å². The number of aliphatic hydroxyl groups is 1. The molecule has 0 saturated carbocycles. The van der Waals surface area contributed by atoms with E-state index >= 15 is 0 Å². The van der Waals surface area contributed by atoms with E-state index in [0.29, 0.717) is 18.5 Å². The molecule has 6 nitrogen and oxygen atoms in total. The molecule has 2 bridgehead atoms. The van der Waals surface area contributed by atoms with Crippen LogP contribution in [0.4, 0.5) is 0 Å². The molecule has 0 aliphatic carbocycles. The van der Waals surface area contributed by atoms with Crippen LogP contribution in [0.15, 0.2) is 23.2 Å². The van der Waals surface area contributed by atoms with Gasteiger partial charge in [0.05, 0.1) is 11.8 Å². The Bertz CT molecular complexity index is 646. The van der Waals surface area contributed by atoms with Gasteiger partial charge in [-0.3, -0.25) is 4.98 Å². The molecule has 3 N–H and O–H groups in total. The zero-order valence-electron chi connectivity index (χ0n) is 11.3. The van der Waals surface area contributed by atoms with Gasteiger partial charge in [0.2, 0.25) is 10.0 Å². The number of nitrogens with zero attached hydrogens (tertiary/aromatic N) is 2. The van der Waals surface area contributed by atoms with Gasteiger partial charge in [0.25, 0.3) is 0 Å². The van der Waals surface area contributed by atoms with Crippen LogP contribution in [-0.2, 0) is 10.0 Å². The van der Waals surface area contributed by atoms with Crippen LogP contribution in [-0.4, -0.2) is 46.0 Å². The van der Waals surface area contributed by atoms with Crippen molar-refractivity contribution in [2.75, 3.05) is 0 Å². The normalized spacial score (nSPS) is 29.5. The Kier molecular flexibility index (Phi) is 3.73. The van der Waals surface area contributed by atoms with Crippen molar-refractivity contribution in [1.82, 2.24) is 9.29 Å². The first-order valence-corrected chi connectivity index (χ1v) is 8.72. The van der Waals surface area contributed by atoms with Gasteiger partial charge in [0, 0.05) is 18.3 Å². The first kappa shape index (κ1) is 14.8. The van der Waals surface area contributed by atoms with E-state index in [0.717, 1.165) is 12.8 Å². The number of aliphatic hydroxyl groups excluding tert-OH is 1. The van der Waals surface area contributed by atoms with Crippen molar-refractivity contribution >= 4 is 27.2 Å². The molecule has 21 heavy (non-hydrogen) atoms. The highest BCUT2D eigenvalue weighted by Gasteiger charge is 2.46. The smallest absolute Gasteiger partial charge is 0.245 e. The summed E-state index contributed by atoms with van der Waals surface area (Å²) in [7, 11) is -3.59. The van der Waals surface area contributed by atoms with E-state index in [4.69, 9.17) is 18.0 Å². The maximum absolute atomic E-state index is 12.8. The molecular weight excluding hydrogens is 310 g/mol. The van der Waals surface area contributed by atoms with Gasteiger partial charge in [0.15, 0.2) is 0 Å². The zero-order valence-corrected chi connectivity index (χ0v) is 13.0. The Morgan fingerprint density at radius 1 is 1.33 bits per heavy atom. The van der Waals surface area contributed by atoms with E-state index in [1.807, 2.05) is 0 Å². The Balaban J connectivity index is 1.92. The maximum atomic E-state index is 12.8. The second kappa shape index (κ2) is 5.28. The lowest BCUT2D eigenvalue weighted by Gasteiger charge is -2.35. The summed E-state index contributed by atoms with van der Waals surface area (Å²) in [4.78, 5) is 4.29. The van der Waals surface area contributed by atoms with Gasteiger partial charge in [-0.05, 0) is 37.8 Å². The Morgan fingerprint density at radius 2 is 1.95 bits per heavy atom. The van der Waals surface area contributed by atoms with Crippen molar-refractivity contribution in [3.63, 3.8) is 0 Å². The lowest BCUT2D eigenvalue weighted by molar-refractivity contribution is 0.0768. The molecule has 2 aliphatic rings. The molecule has 1 aromatic heterocycles. The standard InChI is InChI=1S/C13H17N3O3S2/c14-13(20)12-4-3-11(7-15-12)21(18,19)16-8-1-2-9(16)6-10(17)5-8/h3-4,7-10,17H,1-2,5-6H2,(H2,14,20). The van der Waals surface area contributed by atoms with Crippen LogP contribution in [0.25, 0.3) is 0 Å². The zero-order chi connectivity index (χ0) is 15.2. The molecule has 114 valence electrons. The lowest BCUT2D eigenvalue weighted by Crippen LogP contribution is -2.47. The van der Waals surface area contributed by atoms with Crippen molar-refractivity contribution in [2.24, 2.45) is 5.73 Å². The highest BCUT2D eigenvalue weighted by atomic mass is 32.2. The number of fused-ring (bicyclic) bond motifs is 2. The Morgan fingerprint density at radius 3 is 2.43 bits per heavy atom. The summed E-state index contributed by atoms with van der Waals surface area (Å²) in [6, 6.07) is 2.79. The Hall–Kier alpha value is -1.09. The molecule has 2 atom stereocenters. The highest BCUT2D eigenvalue weighted by molar-refractivity contribution is 7.89. The minimum Gasteiger partial charge on any atom is -0.393 e. The van der Waals surface area contributed by atoms with Crippen molar-refractivity contribution in [1.29, 1.82) is 0 Å². The monoisotopic (exact) mass is 327 g/mol. The highest BCUT2D eigenvalue weighted by Crippen LogP contribution is 2.39. The van der Waals surface area contributed by atoms with Crippen LogP contribution in [0.3, 0.4) is 0 Å². The predicted octanol–water partition coefficient (Wildman–Crippen LogP) is 0.392.